The van der Waals surface area contributed by atoms with E-state index in [9.17, 15) is 19.5 Å². The van der Waals surface area contributed by atoms with Gasteiger partial charge in [0.1, 0.15) is 18.3 Å². The van der Waals surface area contributed by atoms with Crippen molar-refractivity contribution in [3.63, 3.8) is 0 Å². The van der Waals surface area contributed by atoms with Gasteiger partial charge in [0.05, 0.1) is 6.04 Å². The van der Waals surface area contributed by atoms with Crippen LogP contribution in [0.25, 0.3) is 0 Å². The maximum absolute atomic E-state index is 13.1. The first-order chi connectivity index (χ1) is 15.3. The second-order valence-corrected chi connectivity index (χ2v) is 8.65. The molecule has 174 valence electrons. The third-order valence-electron chi connectivity index (χ3n) is 6.25. The maximum atomic E-state index is 13.1. The van der Waals surface area contributed by atoms with Crippen LogP contribution in [0.3, 0.4) is 0 Å². The van der Waals surface area contributed by atoms with Crippen LogP contribution >= 0.6 is 0 Å². The van der Waals surface area contributed by atoms with E-state index in [1.54, 1.807) is 30.3 Å². The molecule has 1 amide bonds. The lowest BCUT2D eigenvalue weighted by atomic mass is 9.94. The third kappa shape index (κ3) is 4.51. The molecule has 9 nitrogen and oxygen atoms in total. The van der Waals surface area contributed by atoms with Gasteiger partial charge in [0.2, 0.25) is 12.0 Å². The Morgan fingerprint density at radius 1 is 1.06 bits per heavy atom. The highest BCUT2D eigenvalue weighted by Gasteiger charge is 2.63. The van der Waals surface area contributed by atoms with Gasteiger partial charge in [-0.2, -0.15) is 0 Å². The summed E-state index contributed by atoms with van der Waals surface area (Å²) < 4.78 is 23.4. The quantitative estimate of drug-likeness (QED) is 0.652. The Hall–Kier alpha value is -2.49. The first-order valence-electron chi connectivity index (χ1n) is 11.0. The van der Waals surface area contributed by atoms with Gasteiger partial charge in [-0.05, 0) is 12.8 Å². The molecule has 1 aromatic carbocycles. The van der Waals surface area contributed by atoms with Crippen molar-refractivity contribution >= 4 is 17.8 Å². The Kier molecular flexibility index (Phi) is 6.50. The minimum absolute atomic E-state index is 0.387. The zero-order chi connectivity index (χ0) is 22.9. The molecule has 0 bridgehead atoms. The van der Waals surface area contributed by atoms with Crippen LogP contribution in [0.2, 0.25) is 0 Å². The average molecular weight is 447 g/mol. The first-order valence-corrected chi connectivity index (χ1v) is 11.0. The molecular weight excluding hydrogens is 418 g/mol. The van der Waals surface area contributed by atoms with Crippen LogP contribution in [-0.2, 0) is 33.3 Å². The molecule has 0 unspecified atom stereocenters. The summed E-state index contributed by atoms with van der Waals surface area (Å²) in [5, 5.41) is 13.6. The number of hydrogen-bond acceptors (Lipinski definition) is 8. The standard InChI is InChI=1S/C23H29NO8/c1-13(25)24-16-17(27)20-21(32-23(31-20)11-7-4-8-12-23)19(16)30-22(28)18(29-14(2)26)15-9-5-3-6-10-15/h3,5-6,9-10,16-21,27H,4,7-8,11-12H2,1-2H3,(H,24,25)/t16-,17+,18-,19-,20+,21-/m1/s1. The molecule has 2 saturated carbocycles. The average Bonchev–Trinajstić information content (AvgIpc) is 3.22. The van der Waals surface area contributed by atoms with E-state index < -0.39 is 54.3 Å². The number of aliphatic hydroxyl groups excluding tert-OH is 1. The molecule has 1 spiro atoms. The van der Waals surface area contributed by atoms with E-state index in [2.05, 4.69) is 5.32 Å². The zero-order valence-electron chi connectivity index (χ0n) is 18.2. The number of hydrogen-bond donors (Lipinski definition) is 2. The fourth-order valence-electron chi connectivity index (χ4n) is 4.89. The summed E-state index contributed by atoms with van der Waals surface area (Å²) in [7, 11) is 0. The third-order valence-corrected chi connectivity index (χ3v) is 6.25. The summed E-state index contributed by atoms with van der Waals surface area (Å²) in [6.07, 6.45) is -0.550. The molecule has 32 heavy (non-hydrogen) atoms. The molecule has 3 fully saturated rings. The van der Waals surface area contributed by atoms with Crippen molar-refractivity contribution in [2.45, 2.75) is 88.3 Å². The molecule has 1 aromatic rings. The van der Waals surface area contributed by atoms with Gasteiger partial charge in [-0.3, -0.25) is 9.59 Å². The number of aliphatic hydroxyl groups is 1. The highest BCUT2D eigenvalue weighted by atomic mass is 16.8. The molecule has 1 heterocycles. The topological polar surface area (TPSA) is 120 Å². The number of carbonyl (C=O) groups is 3. The van der Waals surface area contributed by atoms with E-state index in [4.69, 9.17) is 18.9 Å². The maximum Gasteiger partial charge on any atom is 0.352 e. The van der Waals surface area contributed by atoms with E-state index in [-0.39, 0.29) is 5.91 Å². The molecule has 4 rings (SSSR count). The highest BCUT2D eigenvalue weighted by molar-refractivity contribution is 5.80. The molecule has 0 radical (unpaired) electrons. The van der Waals surface area contributed by atoms with Crippen LogP contribution in [0, 0.1) is 0 Å². The predicted octanol–water partition coefficient (Wildman–Crippen LogP) is 1.53. The first kappa shape index (κ1) is 22.7. The number of nitrogens with one attached hydrogen (secondary N) is 1. The van der Waals surface area contributed by atoms with E-state index in [1.165, 1.54) is 13.8 Å². The number of esters is 2. The lowest BCUT2D eigenvalue weighted by Crippen LogP contribution is -2.51. The summed E-state index contributed by atoms with van der Waals surface area (Å²) >= 11 is 0. The number of ether oxygens (including phenoxy) is 4. The monoisotopic (exact) mass is 447 g/mol. The Morgan fingerprint density at radius 3 is 2.34 bits per heavy atom. The van der Waals surface area contributed by atoms with E-state index in [0.717, 1.165) is 19.3 Å². The van der Waals surface area contributed by atoms with Gasteiger partial charge >= 0.3 is 11.9 Å². The molecule has 0 aromatic heterocycles. The zero-order valence-corrected chi connectivity index (χ0v) is 18.2. The number of amides is 1. The van der Waals surface area contributed by atoms with Gasteiger partial charge in [-0.25, -0.2) is 4.79 Å². The van der Waals surface area contributed by atoms with E-state index >= 15 is 0 Å². The summed E-state index contributed by atoms with van der Waals surface area (Å²) in [6, 6.07) is 7.60. The van der Waals surface area contributed by atoms with Crippen LogP contribution in [0.1, 0.15) is 57.6 Å². The highest BCUT2D eigenvalue weighted by Crippen LogP contribution is 2.46. The molecule has 1 saturated heterocycles. The van der Waals surface area contributed by atoms with Crippen LogP contribution in [-0.4, -0.2) is 59.2 Å². The number of benzene rings is 1. The number of fused-ring (bicyclic) bond motifs is 1. The van der Waals surface area contributed by atoms with Crippen molar-refractivity contribution in [3.05, 3.63) is 35.9 Å². The van der Waals surface area contributed by atoms with Crippen LogP contribution in [0.4, 0.5) is 0 Å². The molecule has 2 aliphatic carbocycles. The molecule has 1 aliphatic heterocycles. The Labute approximate surface area is 186 Å². The van der Waals surface area contributed by atoms with Gasteiger partial charge in [0.15, 0.2) is 11.9 Å². The van der Waals surface area contributed by atoms with E-state index in [0.29, 0.717) is 18.4 Å². The fraction of sp³-hybridized carbons (Fsp3) is 0.609. The summed E-state index contributed by atoms with van der Waals surface area (Å²) in [5.41, 5.74) is 0.450. The van der Waals surface area contributed by atoms with Crippen molar-refractivity contribution in [3.8, 4) is 0 Å². The van der Waals surface area contributed by atoms with Gasteiger partial charge in [0, 0.05) is 32.3 Å². The van der Waals surface area contributed by atoms with Crippen molar-refractivity contribution in [2.75, 3.05) is 0 Å². The van der Waals surface area contributed by atoms with Gasteiger partial charge in [0.25, 0.3) is 0 Å². The minimum atomic E-state index is -1.28. The molecular formula is C23H29NO8. The summed E-state index contributed by atoms with van der Waals surface area (Å²) in [4.78, 5) is 36.6. The number of rotatable bonds is 5. The molecule has 9 heteroatoms. The summed E-state index contributed by atoms with van der Waals surface area (Å²) in [6.45, 7) is 2.52. The lowest BCUT2D eigenvalue weighted by molar-refractivity contribution is -0.220. The van der Waals surface area contributed by atoms with Crippen molar-refractivity contribution in [1.82, 2.24) is 5.32 Å². The lowest BCUT2D eigenvalue weighted by Gasteiger charge is -2.35. The smallest absolute Gasteiger partial charge is 0.352 e. The Balaban J connectivity index is 1.58. The van der Waals surface area contributed by atoms with Crippen LogP contribution < -0.4 is 5.32 Å². The van der Waals surface area contributed by atoms with Crippen molar-refractivity contribution in [2.24, 2.45) is 0 Å². The van der Waals surface area contributed by atoms with Crippen molar-refractivity contribution < 1.29 is 38.4 Å². The molecule has 6 atom stereocenters. The van der Waals surface area contributed by atoms with Crippen LogP contribution in [0.15, 0.2) is 30.3 Å². The Morgan fingerprint density at radius 2 is 1.72 bits per heavy atom. The largest absolute Gasteiger partial charge is 0.454 e. The van der Waals surface area contributed by atoms with Gasteiger partial charge in [-0.15, -0.1) is 0 Å². The van der Waals surface area contributed by atoms with E-state index in [1.807, 2.05) is 0 Å². The van der Waals surface area contributed by atoms with Crippen LogP contribution in [0.5, 0.6) is 0 Å². The number of carbonyl (C=O) groups excluding carboxylic acids is 3. The summed E-state index contributed by atoms with van der Waals surface area (Å²) in [5.74, 6) is -2.65. The fourth-order valence-corrected chi connectivity index (χ4v) is 4.89. The Bertz CT molecular complexity index is 853. The van der Waals surface area contributed by atoms with Crippen molar-refractivity contribution in [1.29, 1.82) is 0 Å². The minimum Gasteiger partial charge on any atom is -0.454 e. The normalized spacial score (nSPS) is 31.5. The SMILES string of the molecule is CC(=O)N[C@@H]1[C@H](O)[C@@H]2OC3(CCCCC3)O[C@@H]2[C@@H]1OC(=O)[C@H](OC(C)=O)c1ccccc1. The molecule has 3 aliphatic rings. The van der Waals surface area contributed by atoms with Gasteiger partial charge < -0.3 is 29.4 Å². The second kappa shape index (κ2) is 9.17. The molecule has 2 N–H and O–H groups in total. The predicted molar refractivity (Wildman–Crippen MR) is 110 cm³/mol. The van der Waals surface area contributed by atoms with Gasteiger partial charge in [-0.1, -0.05) is 36.8 Å². The second-order valence-electron chi connectivity index (χ2n) is 8.65.